The van der Waals surface area contributed by atoms with E-state index in [9.17, 15) is 24.0 Å². The number of esters is 4. The number of fused-ring (bicyclic) bond motifs is 3. The minimum Gasteiger partial charge on any atom is -0.458 e. The van der Waals surface area contributed by atoms with Crippen molar-refractivity contribution >= 4 is 29.7 Å². The molecule has 0 aromatic carbocycles. The Kier molecular flexibility index (Phi) is 5.47. The number of cyclic esters (lactones) is 2. The van der Waals surface area contributed by atoms with Gasteiger partial charge >= 0.3 is 23.9 Å². The summed E-state index contributed by atoms with van der Waals surface area (Å²) in [6.45, 7) is 12.3. The number of allylic oxidation sites excluding steroid dienone is 2. The van der Waals surface area contributed by atoms with Crippen molar-refractivity contribution in [1.29, 1.82) is 0 Å². The van der Waals surface area contributed by atoms with Gasteiger partial charge in [0.1, 0.15) is 30.5 Å². The molecule has 10 heteroatoms. The highest BCUT2D eigenvalue weighted by atomic mass is 16.7. The van der Waals surface area contributed by atoms with Crippen molar-refractivity contribution in [2.24, 2.45) is 33.5 Å². The zero-order valence-electron chi connectivity index (χ0n) is 23.9. The molecule has 10 nitrogen and oxygen atoms in total. The predicted molar refractivity (Wildman–Crippen MR) is 136 cm³/mol. The summed E-state index contributed by atoms with van der Waals surface area (Å²) in [7, 11) is 0. The number of rotatable bonds is 3. The van der Waals surface area contributed by atoms with Gasteiger partial charge in [0, 0.05) is 47.7 Å². The van der Waals surface area contributed by atoms with E-state index < -0.39 is 81.5 Å². The second-order valence-corrected chi connectivity index (χ2v) is 13.5. The summed E-state index contributed by atoms with van der Waals surface area (Å²) in [4.78, 5) is 64.0. The van der Waals surface area contributed by atoms with Crippen LogP contribution in [0.4, 0.5) is 0 Å². The van der Waals surface area contributed by atoms with Gasteiger partial charge in [-0.25, -0.2) is 9.59 Å². The fourth-order valence-electron chi connectivity index (χ4n) is 9.85. The monoisotopic (exact) mass is 556 g/mol. The normalized spacial score (nSPS) is 47.9. The molecule has 3 aliphatic heterocycles. The molecule has 6 aliphatic rings. The van der Waals surface area contributed by atoms with Crippen molar-refractivity contribution < 1.29 is 47.7 Å². The van der Waals surface area contributed by atoms with Gasteiger partial charge in [-0.15, -0.1) is 0 Å². The van der Waals surface area contributed by atoms with Crippen LogP contribution >= 0.6 is 0 Å². The highest BCUT2D eigenvalue weighted by Crippen LogP contribution is 2.79. The predicted octanol–water partition coefficient (Wildman–Crippen LogP) is 2.62. The molecule has 3 aliphatic carbocycles. The van der Waals surface area contributed by atoms with E-state index in [0.29, 0.717) is 18.4 Å². The van der Waals surface area contributed by atoms with Crippen LogP contribution < -0.4 is 0 Å². The second kappa shape index (κ2) is 8.05. The average molecular weight is 557 g/mol. The molecular weight excluding hydrogens is 520 g/mol. The first kappa shape index (κ1) is 27.2. The van der Waals surface area contributed by atoms with Gasteiger partial charge in [0.25, 0.3) is 0 Å². The van der Waals surface area contributed by atoms with Gasteiger partial charge < -0.3 is 23.7 Å². The van der Waals surface area contributed by atoms with E-state index in [1.54, 1.807) is 6.08 Å². The Morgan fingerprint density at radius 3 is 2.25 bits per heavy atom. The highest BCUT2D eigenvalue weighted by Gasteiger charge is 2.89. The Morgan fingerprint density at radius 2 is 1.65 bits per heavy atom. The van der Waals surface area contributed by atoms with Crippen LogP contribution in [0.5, 0.6) is 0 Å². The molecule has 40 heavy (non-hydrogen) atoms. The summed E-state index contributed by atoms with van der Waals surface area (Å²) >= 11 is 0. The van der Waals surface area contributed by atoms with Crippen LogP contribution in [-0.4, -0.2) is 66.3 Å². The molecule has 2 saturated carbocycles. The topological polar surface area (TPSA) is 135 Å². The summed E-state index contributed by atoms with van der Waals surface area (Å²) in [5.74, 6) is -3.05. The lowest BCUT2D eigenvalue weighted by Gasteiger charge is -2.69. The molecule has 216 valence electrons. The van der Waals surface area contributed by atoms with Gasteiger partial charge in [-0.3, -0.25) is 14.4 Å². The number of hydrogen-bond acceptors (Lipinski definition) is 10. The van der Waals surface area contributed by atoms with E-state index in [0.717, 1.165) is 0 Å². The quantitative estimate of drug-likeness (QED) is 0.290. The van der Waals surface area contributed by atoms with Crippen molar-refractivity contribution in [3.63, 3.8) is 0 Å². The first-order valence-electron chi connectivity index (χ1n) is 13.9. The Morgan fingerprint density at radius 1 is 0.975 bits per heavy atom. The summed E-state index contributed by atoms with van der Waals surface area (Å²) < 4.78 is 29.8. The molecule has 0 radical (unpaired) electrons. The lowest BCUT2D eigenvalue weighted by atomic mass is 9.35. The van der Waals surface area contributed by atoms with E-state index in [1.807, 2.05) is 33.8 Å². The van der Waals surface area contributed by atoms with Crippen LogP contribution in [0.25, 0.3) is 0 Å². The summed E-state index contributed by atoms with van der Waals surface area (Å²) in [5, 5.41) is 0. The van der Waals surface area contributed by atoms with E-state index in [-0.39, 0.29) is 18.3 Å². The molecule has 10 atom stereocenters. The lowest BCUT2D eigenvalue weighted by Crippen LogP contribution is -2.77. The maximum Gasteiger partial charge on any atom is 0.339 e. The van der Waals surface area contributed by atoms with E-state index in [2.05, 4.69) is 6.92 Å². The molecule has 0 N–H and O–H groups in total. The zero-order valence-corrected chi connectivity index (χ0v) is 23.9. The summed E-state index contributed by atoms with van der Waals surface area (Å²) in [6, 6.07) is 0. The van der Waals surface area contributed by atoms with Gasteiger partial charge in [-0.05, 0) is 30.3 Å². The van der Waals surface area contributed by atoms with Gasteiger partial charge in [-0.1, -0.05) is 40.7 Å². The molecule has 1 spiro atoms. The third kappa shape index (κ3) is 3.06. The van der Waals surface area contributed by atoms with Crippen LogP contribution in [0.3, 0.4) is 0 Å². The van der Waals surface area contributed by atoms with Crippen molar-refractivity contribution in [2.45, 2.75) is 91.3 Å². The van der Waals surface area contributed by atoms with Crippen LogP contribution in [-0.2, 0) is 47.7 Å². The molecule has 0 amide bonds. The van der Waals surface area contributed by atoms with Gasteiger partial charge in [-0.2, -0.15) is 0 Å². The van der Waals surface area contributed by atoms with Crippen LogP contribution in [0.2, 0.25) is 0 Å². The van der Waals surface area contributed by atoms with Gasteiger partial charge in [0.15, 0.2) is 11.9 Å². The zero-order chi connectivity index (χ0) is 29.2. The molecule has 2 saturated heterocycles. The van der Waals surface area contributed by atoms with Crippen molar-refractivity contribution in [2.75, 3.05) is 6.61 Å². The fourth-order valence-corrected chi connectivity index (χ4v) is 9.85. The highest BCUT2D eigenvalue weighted by molar-refractivity contribution is 5.96. The van der Waals surface area contributed by atoms with Crippen molar-refractivity contribution in [3.05, 3.63) is 23.8 Å². The van der Waals surface area contributed by atoms with Crippen molar-refractivity contribution in [3.8, 4) is 0 Å². The Balaban J connectivity index is 1.60. The molecule has 0 aromatic rings. The van der Waals surface area contributed by atoms with Crippen LogP contribution in [0.1, 0.15) is 61.3 Å². The molecule has 3 heterocycles. The average Bonchev–Trinajstić information content (AvgIpc) is 3.50. The molecule has 4 fully saturated rings. The van der Waals surface area contributed by atoms with Crippen molar-refractivity contribution in [1.82, 2.24) is 0 Å². The minimum atomic E-state index is -1.17. The number of carbonyl (C=O) groups is 5. The Hall–Kier alpha value is -3.01. The van der Waals surface area contributed by atoms with E-state index in [1.165, 1.54) is 19.9 Å². The smallest absolute Gasteiger partial charge is 0.339 e. The van der Waals surface area contributed by atoms with E-state index in [4.69, 9.17) is 23.7 Å². The van der Waals surface area contributed by atoms with Crippen LogP contribution in [0, 0.1) is 33.5 Å². The van der Waals surface area contributed by atoms with Gasteiger partial charge in [0.05, 0.1) is 0 Å². The Bertz CT molecular complexity index is 1310. The number of carbonyl (C=O) groups excluding carboxylic acids is 5. The number of ether oxygens (including phenoxy) is 5. The van der Waals surface area contributed by atoms with Gasteiger partial charge in [0.2, 0.25) is 0 Å². The fraction of sp³-hybridized carbons (Fsp3) is 0.700. The standard InChI is InChI=1S/C30H36O10/c1-14(31)37-20-21-26(3,4)18(33)9-10-27(21,5)17-8-11-28(6)22(16-12-19(34)36-13-16)39-25(35)24-30(28,40-24)29(17,7)23(20)38-15(2)32/h9-10,12,17,20-24H,8,11,13H2,1-7H3. The third-order valence-electron chi connectivity index (χ3n) is 11.2. The molecule has 0 aromatic heterocycles. The van der Waals surface area contributed by atoms with E-state index >= 15 is 0 Å². The molecular formula is C30H36O10. The maximum absolute atomic E-state index is 13.4. The third-order valence-corrected chi connectivity index (χ3v) is 11.2. The molecule has 0 bridgehead atoms. The molecule has 10 unspecified atom stereocenters. The number of hydrogen-bond donors (Lipinski definition) is 0. The SMILES string of the molecule is CC(=O)OC1C2C(C)(C)C(=O)C=CC2(C)C2CCC3(C)C(C4=CC(=O)OC4)OC(=O)C4OC43C2(C)C1OC(C)=O. The number of epoxide rings is 1. The van der Waals surface area contributed by atoms with Crippen LogP contribution in [0.15, 0.2) is 23.8 Å². The maximum atomic E-state index is 13.4. The first-order valence-corrected chi connectivity index (χ1v) is 13.9. The largest absolute Gasteiger partial charge is 0.458 e. The molecule has 6 rings (SSSR count). The minimum absolute atomic E-state index is 0.00946. The first-order chi connectivity index (χ1) is 18.6. The lowest BCUT2D eigenvalue weighted by molar-refractivity contribution is -0.281. The summed E-state index contributed by atoms with van der Waals surface area (Å²) in [5.41, 5.74) is -4.10. The Labute approximate surface area is 232 Å². The number of ketones is 1. The second-order valence-electron chi connectivity index (χ2n) is 13.5. The summed E-state index contributed by atoms with van der Waals surface area (Å²) in [6.07, 6.45) is 2.33.